The number of rotatable bonds is 7. The topological polar surface area (TPSA) is 38.3 Å². The predicted octanol–water partition coefficient (Wildman–Crippen LogP) is 6.13. The van der Waals surface area contributed by atoms with Crippen LogP contribution in [0.25, 0.3) is 0 Å². The summed E-state index contributed by atoms with van der Waals surface area (Å²) in [7, 11) is 0. The fraction of sp³-hybridized carbons (Fsp3) is 0.235. The van der Waals surface area contributed by atoms with Crippen LogP contribution in [0.2, 0.25) is 0 Å². The normalized spacial score (nSPS) is 13.3. The number of anilines is 1. The molecule has 158 valence electrons. The average molecular weight is 445 g/mol. The van der Waals surface area contributed by atoms with Crippen LogP contribution >= 0.6 is 11.8 Å². The minimum Gasteiger partial charge on any atom is -0.430 e. The summed E-state index contributed by atoms with van der Waals surface area (Å²) < 4.78 is 104. The van der Waals surface area contributed by atoms with Gasteiger partial charge in [-0.1, -0.05) is 11.8 Å². The van der Waals surface area contributed by atoms with Crippen LogP contribution in [0.3, 0.4) is 0 Å². The first kappa shape index (κ1) is 22.8. The Bertz CT molecular complexity index is 825. The molecular formula is C17H11F8NO2S. The van der Waals surface area contributed by atoms with E-state index in [2.05, 4.69) is 10.1 Å². The van der Waals surface area contributed by atoms with Crippen LogP contribution in [0.1, 0.15) is 10.4 Å². The summed E-state index contributed by atoms with van der Waals surface area (Å²) in [5, 5.41) is 2.41. The van der Waals surface area contributed by atoms with Crippen molar-refractivity contribution in [3.63, 3.8) is 0 Å². The summed E-state index contributed by atoms with van der Waals surface area (Å²) >= 11 is 0.314. The molecule has 1 amide bonds. The molecule has 2 aromatic rings. The van der Waals surface area contributed by atoms with E-state index >= 15 is 0 Å². The molecule has 2 aromatic carbocycles. The first-order valence-electron chi connectivity index (χ1n) is 7.62. The Morgan fingerprint density at radius 1 is 0.897 bits per heavy atom. The van der Waals surface area contributed by atoms with Crippen molar-refractivity contribution in [3.05, 3.63) is 54.1 Å². The molecule has 0 heterocycles. The first-order chi connectivity index (χ1) is 13.4. The Morgan fingerprint density at radius 2 is 1.45 bits per heavy atom. The van der Waals surface area contributed by atoms with E-state index in [1.54, 1.807) is 0 Å². The lowest BCUT2D eigenvalue weighted by Crippen LogP contribution is -2.45. The van der Waals surface area contributed by atoms with Crippen molar-refractivity contribution in [1.29, 1.82) is 0 Å². The number of amides is 1. The van der Waals surface area contributed by atoms with Crippen molar-refractivity contribution >= 4 is 23.4 Å². The number of benzene rings is 2. The predicted molar refractivity (Wildman–Crippen MR) is 89.2 cm³/mol. The van der Waals surface area contributed by atoms with Gasteiger partial charge in [-0.3, -0.25) is 4.79 Å². The van der Waals surface area contributed by atoms with E-state index < -0.39 is 35.9 Å². The Morgan fingerprint density at radius 3 is 1.93 bits per heavy atom. The minimum atomic E-state index is -5.81. The molecule has 0 saturated heterocycles. The summed E-state index contributed by atoms with van der Waals surface area (Å²) in [6.07, 6.45) is -15.5. The molecule has 0 aliphatic carbocycles. The van der Waals surface area contributed by atoms with Crippen LogP contribution in [0.15, 0.2) is 53.4 Å². The van der Waals surface area contributed by atoms with Crippen molar-refractivity contribution in [3.8, 4) is 5.75 Å². The van der Waals surface area contributed by atoms with Crippen LogP contribution in [-0.2, 0) is 0 Å². The van der Waals surface area contributed by atoms with Gasteiger partial charge < -0.3 is 10.1 Å². The van der Waals surface area contributed by atoms with Crippen LogP contribution in [0, 0.1) is 0 Å². The zero-order valence-corrected chi connectivity index (χ0v) is 14.8. The van der Waals surface area contributed by atoms with Crippen molar-refractivity contribution in [1.82, 2.24) is 0 Å². The number of alkyl halides is 8. The Kier molecular flexibility index (Phi) is 6.98. The number of hydrogen-bond acceptors (Lipinski definition) is 3. The molecule has 1 N–H and O–H groups in total. The minimum absolute atomic E-state index is 0.0701. The quantitative estimate of drug-likeness (QED) is 0.412. The van der Waals surface area contributed by atoms with Gasteiger partial charge in [0.2, 0.25) is 0 Å². The zero-order valence-electron chi connectivity index (χ0n) is 14.0. The molecule has 29 heavy (non-hydrogen) atoms. The summed E-state index contributed by atoms with van der Waals surface area (Å²) in [4.78, 5) is 12.3. The van der Waals surface area contributed by atoms with Crippen molar-refractivity contribution in [2.45, 2.75) is 29.1 Å². The summed E-state index contributed by atoms with van der Waals surface area (Å²) in [5.41, 5.74) is 0.185. The van der Waals surface area contributed by atoms with Gasteiger partial charge in [-0.05, 0) is 48.5 Å². The largest absolute Gasteiger partial charge is 0.439 e. The third-order valence-corrected chi connectivity index (χ3v) is 4.01. The highest BCUT2D eigenvalue weighted by Crippen LogP contribution is 2.36. The SMILES string of the molecule is O=C(Nc1ccc(SC(F)F)cc1)c1ccc(OC(F)(F)C(F)C(F)(F)F)cc1. The molecule has 0 spiro atoms. The lowest BCUT2D eigenvalue weighted by molar-refractivity contribution is -0.304. The summed E-state index contributed by atoms with van der Waals surface area (Å²) in [5.74, 6) is -4.10. The highest BCUT2D eigenvalue weighted by atomic mass is 32.2. The maximum Gasteiger partial charge on any atom is 0.439 e. The third kappa shape index (κ3) is 6.51. The highest BCUT2D eigenvalue weighted by Gasteiger charge is 2.59. The monoisotopic (exact) mass is 445 g/mol. The van der Waals surface area contributed by atoms with Gasteiger partial charge in [-0.15, -0.1) is 0 Å². The van der Waals surface area contributed by atoms with E-state index in [9.17, 15) is 39.9 Å². The van der Waals surface area contributed by atoms with E-state index in [-0.39, 0.29) is 16.1 Å². The number of carbonyl (C=O) groups excluding carboxylic acids is 1. The molecule has 3 nitrogen and oxygen atoms in total. The Balaban J connectivity index is 2.01. The van der Waals surface area contributed by atoms with E-state index in [4.69, 9.17) is 0 Å². The summed E-state index contributed by atoms with van der Waals surface area (Å²) in [6.45, 7) is 0. The second-order valence-electron chi connectivity index (χ2n) is 5.45. The number of halogens is 8. The van der Waals surface area contributed by atoms with E-state index in [0.717, 1.165) is 24.3 Å². The number of carbonyl (C=O) groups is 1. The molecule has 0 fully saturated rings. The Hall–Kier alpha value is -2.50. The molecule has 2 rings (SSSR count). The van der Waals surface area contributed by atoms with Crippen molar-refractivity contribution < 1.29 is 44.7 Å². The maximum atomic E-state index is 13.2. The Labute approximate surface area is 163 Å². The lowest BCUT2D eigenvalue weighted by atomic mass is 10.2. The lowest BCUT2D eigenvalue weighted by Gasteiger charge is -2.23. The molecule has 12 heteroatoms. The van der Waals surface area contributed by atoms with Gasteiger partial charge in [0.1, 0.15) is 5.75 Å². The van der Waals surface area contributed by atoms with Crippen LogP contribution in [0.5, 0.6) is 5.75 Å². The molecule has 0 aliphatic rings. The molecule has 0 radical (unpaired) electrons. The number of hydrogen-bond donors (Lipinski definition) is 1. The number of nitrogens with one attached hydrogen (secondary N) is 1. The van der Waals surface area contributed by atoms with Gasteiger partial charge >= 0.3 is 12.3 Å². The van der Waals surface area contributed by atoms with E-state index in [1.165, 1.54) is 24.3 Å². The standard InChI is InChI=1S/C17H11F8NO2S/c18-14(16(21,22)23)17(24,25)28-11-5-1-9(2-6-11)13(27)26-10-3-7-12(8-4-10)29-15(19)20/h1-8,14-15H,(H,26,27). The molecule has 0 aromatic heterocycles. The van der Waals surface area contributed by atoms with Gasteiger partial charge in [-0.25, -0.2) is 4.39 Å². The molecular weight excluding hydrogens is 434 g/mol. The average Bonchev–Trinajstić information content (AvgIpc) is 2.61. The fourth-order valence-electron chi connectivity index (χ4n) is 2.00. The summed E-state index contributed by atoms with van der Waals surface area (Å²) in [6, 6.07) is 8.91. The van der Waals surface area contributed by atoms with Crippen molar-refractivity contribution in [2.75, 3.05) is 5.32 Å². The van der Waals surface area contributed by atoms with Gasteiger partial charge in [0, 0.05) is 16.1 Å². The highest BCUT2D eigenvalue weighted by molar-refractivity contribution is 7.99. The zero-order chi connectivity index (χ0) is 21.8. The molecule has 0 bridgehead atoms. The smallest absolute Gasteiger partial charge is 0.430 e. The van der Waals surface area contributed by atoms with E-state index in [1.807, 2.05) is 0 Å². The van der Waals surface area contributed by atoms with Crippen LogP contribution in [0.4, 0.5) is 40.8 Å². The van der Waals surface area contributed by atoms with Crippen molar-refractivity contribution in [2.24, 2.45) is 0 Å². The first-order valence-corrected chi connectivity index (χ1v) is 8.50. The van der Waals surface area contributed by atoms with Gasteiger partial charge in [0.15, 0.2) is 0 Å². The fourth-order valence-corrected chi connectivity index (χ4v) is 2.50. The van der Waals surface area contributed by atoms with Crippen LogP contribution < -0.4 is 10.1 Å². The number of ether oxygens (including phenoxy) is 1. The number of thioether (sulfide) groups is 1. The molecule has 1 atom stereocenters. The van der Waals surface area contributed by atoms with Gasteiger partial charge in [0.05, 0.1) is 0 Å². The van der Waals surface area contributed by atoms with Gasteiger partial charge in [-0.2, -0.15) is 30.7 Å². The second kappa shape index (κ2) is 8.89. The van der Waals surface area contributed by atoms with Crippen LogP contribution in [-0.4, -0.2) is 30.1 Å². The molecule has 0 aliphatic heterocycles. The van der Waals surface area contributed by atoms with Gasteiger partial charge in [0.25, 0.3) is 17.8 Å². The second-order valence-corrected chi connectivity index (χ2v) is 6.51. The third-order valence-electron chi connectivity index (χ3n) is 3.29. The molecule has 0 saturated carbocycles. The van der Waals surface area contributed by atoms with E-state index in [0.29, 0.717) is 11.8 Å². The molecule has 1 unspecified atom stereocenters. The maximum absolute atomic E-state index is 13.2.